The minimum Gasteiger partial charge on any atom is -0.369 e. The number of aromatic nitrogens is 2. The number of anilines is 1. The lowest BCUT2D eigenvalue weighted by atomic mass is 9.85. The van der Waals surface area contributed by atoms with Crippen molar-refractivity contribution >= 4 is 39.0 Å². The van der Waals surface area contributed by atoms with Gasteiger partial charge in [-0.05, 0) is 42.3 Å². The zero-order valence-electron chi connectivity index (χ0n) is 12.7. The number of nitrogens with zero attached hydrogens (tertiary/aromatic N) is 2. The van der Waals surface area contributed by atoms with Gasteiger partial charge >= 0.3 is 0 Å². The van der Waals surface area contributed by atoms with Crippen LogP contribution in [0.2, 0.25) is 5.28 Å². The molecule has 0 bridgehead atoms. The van der Waals surface area contributed by atoms with Crippen LogP contribution in [0.1, 0.15) is 32.6 Å². The van der Waals surface area contributed by atoms with Crippen LogP contribution in [0.25, 0.3) is 10.2 Å². The van der Waals surface area contributed by atoms with Crippen molar-refractivity contribution in [2.24, 2.45) is 17.8 Å². The molecule has 2 rings (SSSR count). The molecule has 1 N–H and O–H groups in total. The summed E-state index contributed by atoms with van der Waals surface area (Å²) in [5.74, 6) is 2.74. The van der Waals surface area contributed by atoms with Gasteiger partial charge in [0.15, 0.2) is 0 Å². The molecule has 0 fully saturated rings. The number of nitrogens with one attached hydrogen (secondary N) is 1. The van der Waals surface area contributed by atoms with Crippen molar-refractivity contribution in [1.29, 1.82) is 0 Å². The third-order valence-corrected chi connectivity index (χ3v) is 4.82. The summed E-state index contributed by atoms with van der Waals surface area (Å²) in [5, 5.41) is 4.86. The Morgan fingerprint density at radius 2 is 1.85 bits per heavy atom. The molecule has 0 radical (unpaired) electrons. The largest absolute Gasteiger partial charge is 0.369 e. The Hall–Kier alpha value is -0.870. The van der Waals surface area contributed by atoms with Crippen LogP contribution in [0.15, 0.2) is 6.07 Å². The smallest absolute Gasteiger partial charge is 0.225 e. The van der Waals surface area contributed by atoms with Crippen LogP contribution < -0.4 is 5.32 Å². The van der Waals surface area contributed by atoms with Crippen LogP contribution in [0.4, 0.5) is 5.82 Å². The van der Waals surface area contributed by atoms with Crippen LogP contribution in [0, 0.1) is 24.7 Å². The molecule has 0 unspecified atom stereocenters. The van der Waals surface area contributed by atoms with Crippen LogP contribution in [-0.2, 0) is 0 Å². The third-order valence-electron chi connectivity index (χ3n) is 3.71. The lowest BCUT2D eigenvalue weighted by molar-refractivity contribution is 0.304. The first-order valence-corrected chi connectivity index (χ1v) is 8.25. The van der Waals surface area contributed by atoms with Crippen LogP contribution >= 0.6 is 22.9 Å². The Labute approximate surface area is 129 Å². The van der Waals surface area contributed by atoms with Crippen molar-refractivity contribution in [2.45, 2.75) is 34.6 Å². The van der Waals surface area contributed by atoms with Gasteiger partial charge in [-0.2, -0.15) is 0 Å². The number of halogens is 1. The average molecular weight is 312 g/mol. The minimum absolute atomic E-state index is 0.312. The highest BCUT2D eigenvalue weighted by molar-refractivity contribution is 7.18. The van der Waals surface area contributed by atoms with Crippen molar-refractivity contribution < 1.29 is 0 Å². The molecule has 110 valence electrons. The van der Waals surface area contributed by atoms with E-state index in [1.165, 1.54) is 4.88 Å². The van der Waals surface area contributed by atoms with Gasteiger partial charge in [-0.1, -0.05) is 27.7 Å². The molecule has 0 amide bonds. The highest BCUT2D eigenvalue weighted by Gasteiger charge is 2.18. The van der Waals surface area contributed by atoms with Gasteiger partial charge in [-0.3, -0.25) is 0 Å². The second-order valence-corrected chi connectivity index (χ2v) is 7.52. The summed E-state index contributed by atoms with van der Waals surface area (Å²) in [6.07, 6.45) is 0. The minimum atomic E-state index is 0.312. The van der Waals surface area contributed by atoms with Crippen molar-refractivity contribution in [2.75, 3.05) is 11.9 Å². The van der Waals surface area contributed by atoms with Crippen molar-refractivity contribution in [3.63, 3.8) is 0 Å². The van der Waals surface area contributed by atoms with E-state index in [1.54, 1.807) is 11.3 Å². The van der Waals surface area contributed by atoms with E-state index in [1.807, 2.05) is 0 Å². The monoisotopic (exact) mass is 311 g/mol. The zero-order valence-corrected chi connectivity index (χ0v) is 14.3. The topological polar surface area (TPSA) is 37.8 Å². The molecule has 0 saturated carbocycles. The Balaban J connectivity index is 2.25. The quantitative estimate of drug-likeness (QED) is 0.790. The first-order chi connectivity index (χ1) is 9.38. The van der Waals surface area contributed by atoms with Gasteiger partial charge in [-0.15, -0.1) is 11.3 Å². The molecule has 0 aliphatic carbocycles. The second kappa shape index (κ2) is 6.27. The Bertz CT molecular complexity index is 584. The van der Waals surface area contributed by atoms with E-state index in [0.717, 1.165) is 22.6 Å². The first kappa shape index (κ1) is 15.5. The summed E-state index contributed by atoms with van der Waals surface area (Å²) in [6, 6.07) is 2.12. The average Bonchev–Trinajstić information content (AvgIpc) is 2.68. The molecule has 0 saturated heterocycles. The predicted molar refractivity (Wildman–Crippen MR) is 88.8 cm³/mol. The Kier molecular flexibility index (Phi) is 4.86. The van der Waals surface area contributed by atoms with E-state index in [0.29, 0.717) is 23.0 Å². The van der Waals surface area contributed by atoms with Crippen molar-refractivity contribution in [3.05, 3.63) is 16.2 Å². The number of hydrogen-bond donors (Lipinski definition) is 1. The fourth-order valence-electron chi connectivity index (χ4n) is 2.61. The number of aryl methyl sites for hydroxylation is 1. The van der Waals surface area contributed by atoms with Crippen LogP contribution in [0.3, 0.4) is 0 Å². The van der Waals surface area contributed by atoms with Gasteiger partial charge in [0.05, 0.1) is 5.39 Å². The number of hydrogen-bond acceptors (Lipinski definition) is 4. The predicted octanol–water partition coefficient (Wildman–Crippen LogP) is 4.99. The number of rotatable bonds is 5. The first-order valence-electron chi connectivity index (χ1n) is 7.06. The molecule has 2 heterocycles. The lowest BCUT2D eigenvalue weighted by Crippen LogP contribution is -2.25. The molecular formula is C15H22ClN3S. The Morgan fingerprint density at radius 3 is 2.45 bits per heavy atom. The summed E-state index contributed by atoms with van der Waals surface area (Å²) in [4.78, 5) is 10.8. The molecule has 3 nitrogen and oxygen atoms in total. The van der Waals surface area contributed by atoms with E-state index < -0.39 is 0 Å². The van der Waals surface area contributed by atoms with Gasteiger partial charge in [0, 0.05) is 11.4 Å². The normalized spacial score (nSPS) is 12.1. The molecule has 0 aromatic carbocycles. The summed E-state index contributed by atoms with van der Waals surface area (Å²) in [5.41, 5.74) is 0. The molecule has 2 aromatic rings. The van der Waals surface area contributed by atoms with Gasteiger partial charge in [0.1, 0.15) is 10.6 Å². The summed E-state index contributed by atoms with van der Waals surface area (Å²) in [6.45, 7) is 12.1. The number of thiophene rings is 1. The highest BCUT2D eigenvalue weighted by Crippen LogP contribution is 2.30. The molecule has 20 heavy (non-hydrogen) atoms. The molecule has 0 aliphatic heterocycles. The molecule has 0 atom stereocenters. The van der Waals surface area contributed by atoms with Crippen molar-refractivity contribution in [1.82, 2.24) is 9.97 Å². The maximum atomic E-state index is 6.02. The SMILES string of the molecule is Cc1cc2c(NCC(C(C)C)C(C)C)nc(Cl)nc2s1. The van der Waals surface area contributed by atoms with Gasteiger partial charge in [0.25, 0.3) is 0 Å². The maximum absolute atomic E-state index is 6.02. The highest BCUT2D eigenvalue weighted by atomic mass is 35.5. The van der Waals surface area contributed by atoms with E-state index in [2.05, 4.69) is 56.0 Å². The molecule has 2 aromatic heterocycles. The molecular weight excluding hydrogens is 290 g/mol. The van der Waals surface area contributed by atoms with Gasteiger partial charge in [0.2, 0.25) is 5.28 Å². The van der Waals surface area contributed by atoms with E-state index in [4.69, 9.17) is 11.6 Å². The van der Waals surface area contributed by atoms with Gasteiger partial charge < -0.3 is 5.32 Å². The summed E-state index contributed by atoms with van der Waals surface area (Å²) in [7, 11) is 0. The van der Waals surface area contributed by atoms with Crippen LogP contribution in [0.5, 0.6) is 0 Å². The van der Waals surface area contributed by atoms with E-state index >= 15 is 0 Å². The standard InChI is InChI=1S/C15H22ClN3S/c1-8(2)12(9(3)4)7-17-13-11-6-10(5)20-14(11)19-15(16)18-13/h6,8-9,12H,7H2,1-5H3,(H,17,18,19). The second-order valence-electron chi connectivity index (χ2n) is 5.95. The molecule has 0 aliphatic rings. The Morgan fingerprint density at radius 1 is 1.20 bits per heavy atom. The third kappa shape index (κ3) is 3.41. The maximum Gasteiger partial charge on any atom is 0.225 e. The van der Waals surface area contributed by atoms with Crippen molar-refractivity contribution in [3.8, 4) is 0 Å². The fourth-order valence-corrected chi connectivity index (χ4v) is 3.70. The summed E-state index contributed by atoms with van der Waals surface area (Å²) < 4.78 is 0. The fraction of sp³-hybridized carbons (Fsp3) is 0.600. The number of fused-ring (bicyclic) bond motifs is 1. The lowest BCUT2D eigenvalue weighted by Gasteiger charge is -2.25. The van der Waals surface area contributed by atoms with Crippen LogP contribution in [-0.4, -0.2) is 16.5 Å². The molecule has 0 spiro atoms. The zero-order chi connectivity index (χ0) is 14.9. The van der Waals surface area contributed by atoms with Gasteiger partial charge in [-0.25, -0.2) is 9.97 Å². The molecule has 5 heteroatoms. The summed E-state index contributed by atoms with van der Waals surface area (Å²) >= 11 is 7.67. The van der Waals surface area contributed by atoms with E-state index in [9.17, 15) is 0 Å². The van der Waals surface area contributed by atoms with E-state index in [-0.39, 0.29) is 0 Å².